The summed E-state index contributed by atoms with van der Waals surface area (Å²) < 4.78 is 23.7. The van der Waals surface area contributed by atoms with Crippen LogP contribution in [0.25, 0.3) is 10.8 Å². The van der Waals surface area contributed by atoms with Crippen LogP contribution in [0.3, 0.4) is 0 Å². The summed E-state index contributed by atoms with van der Waals surface area (Å²) in [7, 11) is 3.17. The van der Waals surface area contributed by atoms with Crippen LogP contribution in [-0.2, 0) is 16.0 Å². The Hall–Kier alpha value is -3.39. The summed E-state index contributed by atoms with van der Waals surface area (Å²) in [5.74, 6) is 0.327. The van der Waals surface area contributed by atoms with Crippen molar-refractivity contribution in [2.75, 3.05) is 32.6 Å². The fraction of sp³-hybridized carbons (Fsp3) is 0.261. The second-order valence-electron chi connectivity index (χ2n) is 7.07. The highest BCUT2D eigenvalue weighted by Crippen LogP contribution is 2.28. The molecule has 0 spiro atoms. The number of hydrogen-bond acceptors (Lipinski definition) is 5. The van der Waals surface area contributed by atoms with Crippen LogP contribution in [0.2, 0.25) is 5.02 Å². The predicted molar refractivity (Wildman–Crippen MR) is 121 cm³/mol. The molecule has 0 aliphatic heterocycles. The lowest BCUT2D eigenvalue weighted by atomic mass is 10.1. The van der Waals surface area contributed by atoms with Gasteiger partial charge in [0.05, 0.1) is 18.7 Å². The number of amides is 2. The number of carbonyl (C=O) groups excluding carboxylic acids is 2. The molecule has 0 bridgehead atoms. The first-order chi connectivity index (χ1) is 15.4. The number of aromatic nitrogens is 1. The lowest BCUT2D eigenvalue weighted by Crippen LogP contribution is -2.31. The summed E-state index contributed by atoms with van der Waals surface area (Å²) in [4.78, 5) is 29.9. The summed E-state index contributed by atoms with van der Waals surface area (Å²) in [6.07, 6.45) is 1.55. The number of pyridine rings is 1. The molecule has 1 heterocycles. The molecule has 0 radical (unpaired) electrons. The van der Waals surface area contributed by atoms with Crippen molar-refractivity contribution in [1.82, 2.24) is 9.88 Å². The van der Waals surface area contributed by atoms with E-state index in [0.717, 1.165) is 10.9 Å². The fourth-order valence-electron chi connectivity index (χ4n) is 3.06. The minimum atomic E-state index is -0.711. The Kier molecular flexibility index (Phi) is 7.83. The number of ether oxygens (including phenoxy) is 2. The largest absolute Gasteiger partial charge is 0.495 e. The Labute approximate surface area is 190 Å². The van der Waals surface area contributed by atoms with Gasteiger partial charge in [0.1, 0.15) is 24.0 Å². The summed E-state index contributed by atoms with van der Waals surface area (Å²) in [6, 6.07) is 11.3. The number of methoxy groups -OCH3 is 1. The van der Waals surface area contributed by atoms with Gasteiger partial charge in [0, 0.05) is 25.1 Å². The van der Waals surface area contributed by atoms with Crippen LogP contribution in [-0.4, -0.2) is 49.2 Å². The quantitative estimate of drug-likeness (QED) is 0.529. The van der Waals surface area contributed by atoms with Gasteiger partial charge in [0.2, 0.25) is 5.91 Å². The van der Waals surface area contributed by atoms with E-state index in [-0.39, 0.29) is 37.1 Å². The van der Waals surface area contributed by atoms with Crippen LogP contribution in [0.5, 0.6) is 5.75 Å². The summed E-state index contributed by atoms with van der Waals surface area (Å²) in [5, 5.41) is 4.35. The molecule has 0 saturated carbocycles. The van der Waals surface area contributed by atoms with Crippen LogP contribution in [0.1, 0.15) is 12.0 Å². The number of fused-ring (bicyclic) bond motifs is 1. The maximum Gasteiger partial charge on any atom is 0.412 e. The van der Waals surface area contributed by atoms with Gasteiger partial charge >= 0.3 is 6.09 Å². The third kappa shape index (κ3) is 6.07. The monoisotopic (exact) mass is 459 g/mol. The molecule has 168 valence electrons. The van der Waals surface area contributed by atoms with Gasteiger partial charge in [0.15, 0.2) is 0 Å². The van der Waals surface area contributed by atoms with Crippen molar-refractivity contribution >= 4 is 40.2 Å². The molecule has 1 N–H and O–H groups in total. The highest BCUT2D eigenvalue weighted by atomic mass is 35.5. The van der Waals surface area contributed by atoms with E-state index in [1.807, 2.05) is 12.1 Å². The van der Waals surface area contributed by atoms with E-state index in [4.69, 9.17) is 21.1 Å². The third-order valence-corrected chi connectivity index (χ3v) is 5.30. The molecule has 0 saturated heterocycles. The Morgan fingerprint density at radius 2 is 2.00 bits per heavy atom. The number of halogens is 2. The number of aryl methyl sites for hydroxylation is 1. The van der Waals surface area contributed by atoms with E-state index >= 15 is 0 Å². The lowest BCUT2D eigenvalue weighted by Gasteiger charge is -2.17. The average Bonchev–Trinajstić information content (AvgIpc) is 2.77. The van der Waals surface area contributed by atoms with E-state index in [9.17, 15) is 14.0 Å². The fourth-order valence-corrected chi connectivity index (χ4v) is 3.36. The van der Waals surface area contributed by atoms with E-state index in [1.165, 1.54) is 30.3 Å². The average molecular weight is 460 g/mol. The number of hydrogen-bond donors (Lipinski definition) is 1. The van der Waals surface area contributed by atoms with Gasteiger partial charge < -0.3 is 14.4 Å². The van der Waals surface area contributed by atoms with Crippen molar-refractivity contribution in [3.63, 3.8) is 0 Å². The van der Waals surface area contributed by atoms with Crippen molar-refractivity contribution in [1.29, 1.82) is 0 Å². The number of anilines is 1. The van der Waals surface area contributed by atoms with Crippen molar-refractivity contribution in [2.24, 2.45) is 0 Å². The van der Waals surface area contributed by atoms with Gasteiger partial charge in [-0.15, -0.1) is 0 Å². The van der Waals surface area contributed by atoms with Crippen LogP contribution in [0.4, 0.5) is 15.0 Å². The minimum absolute atomic E-state index is 0.0101. The number of carbonyl (C=O) groups is 2. The first kappa shape index (κ1) is 23.3. The van der Waals surface area contributed by atoms with E-state index in [1.54, 1.807) is 25.2 Å². The Morgan fingerprint density at radius 1 is 1.19 bits per heavy atom. The van der Waals surface area contributed by atoms with Crippen molar-refractivity contribution in [2.45, 2.75) is 12.8 Å². The SMILES string of the molecule is COc1cccc(CCC(=O)N(C)CCOC(=O)Nc2cc3cc(F)ccc3cn2)c1Cl. The summed E-state index contributed by atoms with van der Waals surface area (Å²) in [6.45, 7) is 0.241. The zero-order valence-corrected chi connectivity index (χ0v) is 18.5. The van der Waals surface area contributed by atoms with E-state index in [2.05, 4.69) is 10.3 Å². The summed E-state index contributed by atoms with van der Waals surface area (Å²) in [5.41, 5.74) is 0.825. The molecular formula is C23H23ClFN3O4. The topological polar surface area (TPSA) is 80.8 Å². The molecule has 32 heavy (non-hydrogen) atoms. The van der Waals surface area contributed by atoms with Crippen LogP contribution in [0.15, 0.2) is 48.7 Å². The maximum absolute atomic E-state index is 13.4. The molecule has 0 unspecified atom stereocenters. The van der Waals surface area contributed by atoms with Crippen LogP contribution < -0.4 is 10.1 Å². The van der Waals surface area contributed by atoms with Gasteiger partial charge in [-0.2, -0.15) is 0 Å². The van der Waals surface area contributed by atoms with Gasteiger partial charge in [-0.05, 0) is 47.7 Å². The molecule has 0 aliphatic carbocycles. The minimum Gasteiger partial charge on any atom is -0.495 e. The van der Waals surface area contributed by atoms with Gasteiger partial charge in [-0.25, -0.2) is 14.2 Å². The van der Waals surface area contributed by atoms with Gasteiger partial charge in [0.25, 0.3) is 0 Å². The molecule has 2 amide bonds. The molecule has 0 fully saturated rings. The zero-order chi connectivity index (χ0) is 23.1. The van der Waals surface area contributed by atoms with Crippen molar-refractivity contribution < 1.29 is 23.5 Å². The number of nitrogens with zero attached hydrogens (tertiary/aromatic N) is 2. The Balaban J connectivity index is 1.43. The number of rotatable bonds is 8. The zero-order valence-electron chi connectivity index (χ0n) is 17.7. The molecule has 0 aliphatic rings. The molecule has 7 nitrogen and oxygen atoms in total. The Morgan fingerprint density at radius 3 is 2.78 bits per heavy atom. The van der Waals surface area contributed by atoms with Crippen LogP contribution in [0, 0.1) is 5.82 Å². The maximum atomic E-state index is 13.4. The molecule has 0 atom stereocenters. The molecule has 9 heteroatoms. The molecule has 1 aromatic heterocycles. The molecular weight excluding hydrogens is 437 g/mol. The third-order valence-electron chi connectivity index (χ3n) is 4.87. The predicted octanol–water partition coefficient (Wildman–Crippen LogP) is 4.68. The highest BCUT2D eigenvalue weighted by molar-refractivity contribution is 6.32. The van der Waals surface area contributed by atoms with Crippen molar-refractivity contribution in [3.05, 3.63) is 65.1 Å². The molecule has 2 aromatic carbocycles. The van der Waals surface area contributed by atoms with Gasteiger partial charge in [-0.3, -0.25) is 10.1 Å². The first-order valence-corrected chi connectivity index (χ1v) is 10.3. The highest BCUT2D eigenvalue weighted by Gasteiger charge is 2.13. The molecule has 3 aromatic rings. The second kappa shape index (κ2) is 10.8. The van der Waals surface area contributed by atoms with Crippen molar-refractivity contribution in [3.8, 4) is 5.75 Å². The van der Waals surface area contributed by atoms with E-state index < -0.39 is 6.09 Å². The van der Waals surface area contributed by atoms with E-state index in [0.29, 0.717) is 22.6 Å². The van der Waals surface area contributed by atoms with Crippen LogP contribution >= 0.6 is 11.6 Å². The Bertz CT molecular complexity index is 1130. The number of benzene rings is 2. The summed E-state index contributed by atoms with van der Waals surface area (Å²) >= 11 is 6.26. The lowest BCUT2D eigenvalue weighted by molar-refractivity contribution is -0.130. The smallest absolute Gasteiger partial charge is 0.412 e. The number of likely N-dealkylation sites (N-methyl/N-ethyl adjacent to an activating group) is 1. The first-order valence-electron chi connectivity index (χ1n) is 9.92. The standard InChI is InChI=1S/C23H23ClFN3O4/c1-28(21(29)9-7-15-4-3-5-19(31-2)22(15)24)10-11-32-23(30)27-20-13-17-12-18(25)8-6-16(17)14-26-20/h3-6,8,12-14H,7,9-11H2,1-2H3,(H,26,27,30). The number of nitrogens with one attached hydrogen (secondary N) is 1. The molecule has 3 rings (SSSR count). The second-order valence-corrected chi connectivity index (χ2v) is 7.45. The normalized spacial score (nSPS) is 10.6. The van der Waals surface area contributed by atoms with Gasteiger partial charge in [-0.1, -0.05) is 23.7 Å².